The fourth-order valence-electron chi connectivity index (χ4n) is 3.53. The summed E-state index contributed by atoms with van der Waals surface area (Å²) in [5.74, 6) is 1.54. The number of allylic oxidation sites excluding steroid dienone is 3. The lowest BCUT2D eigenvalue weighted by atomic mass is 9.86. The molecule has 0 saturated carbocycles. The maximum absolute atomic E-state index is 10.9. The highest BCUT2D eigenvalue weighted by molar-refractivity contribution is 5.80. The van der Waals surface area contributed by atoms with Gasteiger partial charge in [-0.25, -0.2) is 4.98 Å². The van der Waals surface area contributed by atoms with Gasteiger partial charge in [-0.1, -0.05) is 85.6 Å². The first kappa shape index (κ1) is 30.1. The van der Waals surface area contributed by atoms with E-state index in [9.17, 15) is 5.11 Å². The van der Waals surface area contributed by atoms with Crippen LogP contribution in [0.3, 0.4) is 0 Å². The third-order valence-electron chi connectivity index (χ3n) is 6.50. The van der Waals surface area contributed by atoms with E-state index >= 15 is 0 Å². The van der Waals surface area contributed by atoms with Crippen LogP contribution in [0.5, 0.6) is 0 Å². The molecule has 4 nitrogen and oxygen atoms in total. The number of benzene rings is 1. The van der Waals surface area contributed by atoms with Crippen LogP contribution in [0.15, 0.2) is 36.4 Å². The number of fused-ring (bicyclic) bond motifs is 1. The number of hydrogen-bond acceptors (Lipinski definition) is 3. The molecule has 1 aliphatic rings. The average molecular weight is 471 g/mol. The Balaban J connectivity index is 0.000000732. The monoisotopic (exact) mass is 470 g/mol. The molecule has 2 aromatic rings. The Hall–Kier alpha value is -1.91. The molecule has 3 rings (SSSR count). The summed E-state index contributed by atoms with van der Waals surface area (Å²) >= 11 is 0. The first-order chi connectivity index (χ1) is 16.1. The van der Waals surface area contributed by atoms with Crippen LogP contribution in [0.25, 0.3) is 16.6 Å². The number of nitrogens with one attached hydrogen (secondary N) is 1. The molecule has 1 heterocycles. The maximum atomic E-state index is 10.9. The smallest absolute Gasteiger partial charge is 0.134 e. The molecule has 0 radical (unpaired) electrons. The van der Waals surface area contributed by atoms with E-state index in [1.165, 1.54) is 18.4 Å². The first-order valence-corrected chi connectivity index (χ1v) is 13.3. The molecule has 0 amide bonds. The second kappa shape index (κ2) is 14.5. The quantitative estimate of drug-likeness (QED) is 0.343. The molecule has 34 heavy (non-hydrogen) atoms. The third-order valence-corrected chi connectivity index (χ3v) is 6.50. The zero-order valence-corrected chi connectivity index (χ0v) is 23.0. The van der Waals surface area contributed by atoms with Gasteiger partial charge < -0.3 is 15.2 Å². The largest absolute Gasteiger partial charge is 0.397 e. The Kier molecular flexibility index (Phi) is 12.8. The molecule has 0 spiro atoms. The van der Waals surface area contributed by atoms with Crippen molar-refractivity contribution in [3.63, 3.8) is 0 Å². The van der Waals surface area contributed by atoms with Crippen LogP contribution in [0, 0.1) is 5.92 Å². The van der Waals surface area contributed by atoms with Crippen molar-refractivity contribution >= 4 is 16.6 Å². The second-order valence-corrected chi connectivity index (χ2v) is 10.4. The summed E-state index contributed by atoms with van der Waals surface area (Å²) < 4.78 is 0. The molecule has 0 aliphatic heterocycles. The molecule has 1 aromatic heterocycles. The normalized spacial score (nSPS) is 15.8. The van der Waals surface area contributed by atoms with Crippen molar-refractivity contribution in [3.05, 3.63) is 47.8 Å². The van der Waals surface area contributed by atoms with Crippen LogP contribution >= 0.6 is 0 Å². The van der Waals surface area contributed by atoms with E-state index in [1.807, 2.05) is 0 Å². The molecule has 4 heteroatoms. The zero-order valence-electron chi connectivity index (χ0n) is 23.0. The van der Waals surface area contributed by atoms with E-state index < -0.39 is 5.60 Å². The van der Waals surface area contributed by atoms with Gasteiger partial charge in [-0.15, -0.1) is 0 Å². The summed E-state index contributed by atoms with van der Waals surface area (Å²) in [7, 11) is 0. The van der Waals surface area contributed by atoms with Crippen LogP contribution in [0.2, 0.25) is 0 Å². The van der Waals surface area contributed by atoms with Crippen molar-refractivity contribution in [1.82, 2.24) is 9.97 Å². The van der Waals surface area contributed by atoms with E-state index in [1.54, 1.807) is 6.92 Å². The number of aromatic amines is 1. The minimum atomic E-state index is -0.670. The highest BCUT2D eigenvalue weighted by Crippen LogP contribution is 2.33. The van der Waals surface area contributed by atoms with Gasteiger partial charge in [0.25, 0.3) is 0 Å². The molecule has 1 unspecified atom stereocenters. The SMILES string of the molecule is CCC(O)(CC)CC(=CCC1C=CC1)c1nc2ccc(C(C)(C)C)cc2[nH]1.CCCC.CCO. The Morgan fingerprint density at radius 3 is 2.12 bits per heavy atom. The maximum Gasteiger partial charge on any atom is 0.134 e. The van der Waals surface area contributed by atoms with Gasteiger partial charge in [0.2, 0.25) is 0 Å². The lowest BCUT2D eigenvalue weighted by Crippen LogP contribution is -2.27. The first-order valence-electron chi connectivity index (χ1n) is 13.3. The summed E-state index contributed by atoms with van der Waals surface area (Å²) in [4.78, 5) is 8.39. The third kappa shape index (κ3) is 9.38. The van der Waals surface area contributed by atoms with Gasteiger partial charge in [-0.2, -0.15) is 0 Å². The molecular weight excluding hydrogens is 420 g/mol. The molecule has 0 fully saturated rings. The second-order valence-electron chi connectivity index (χ2n) is 10.4. The summed E-state index contributed by atoms with van der Waals surface area (Å²) in [6, 6.07) is 6.49. The molecule has 0 bridgehead atoms. The van der Waals surface area contributed by atoms with Crippen molar-refractivity contribution < 1.29 is 10.2 Å². The standard InChI is InChI=1S/C24H34N2O.C4H10.C2H6O/c1-6-24(27,7-2)16-18(12-11-17-9-8-10-17)22-25-20-14-13-19(23(3,4)5)15-21(20)26-22;1-3-4-2;1-2-3/h8-9,12-15,17,27H,6-7,10-11,16H2,1-5H3,(H,25,26);3-4H2,1-2H3;3H,2H2,1H3. The van der Waals surface area contributed by atoms with Gasteiger partial charge in [0.15, 0.2) is 0 Å². The highest BCUT2D eigenvalue weighted by atomic mass is 16.3. The number of aliphatic hydroxyl groups excluding tert-OH is 1. The summed E-state index contributed by atoms with van der Waals surface area (Å²) in [5.41, 5.74) is 3.94. The number of aliphatic hydroxyl groups is 2. The zero-order chi connectivity index (χ0) is 25.8. The fraction of sp³-hybridized carbons (Fsp3) is 0.633. The van der Waals surface area contributed by atoms with E-state index in [-0.39, 0.29) is 12.0 Å². The van der Waals surface area contributed by atoms with Crippen molar-refractivity contribution in [2.45, 2.75) is 111 Å². The van der Waals surface area contributed by atoms with Crippen molar-refractivity contribution in [3.8, 4) is 0 Å². The molecule has 192 valence electrons. The van der Waals surface area contributed by atoms with Gasteiger partial charge in [-0.05, 0) is 67.2 Å². The van der Waals surface area contributed by atoms with Gasteiger partial charge in [0.1, 0.15) is 5.82 Å². The minimum absolute atomic E-state index is 0.110. The highest BCUT2D eigenvalue weighted by Gasteiger charge is 2.26. The van der Waals surface area contributed by atoms with E-state index in [2.05, 4.69) is 89.9 Å². The number of nitrogens with zero attached hydrogens (tertiary/aromatic N) is 1. The van der Waals surface area contributed by atoms with Crippen molar-refractivity contribution in [1.29, 1.82) is 0 Å². The lowest BCUT2D eigenvalue weighted by molar-refractivity contribution is 0.0375. The predicted octanol–water partition coefficient (Wildman–Crippen LogP) is 7.96. The number of aromatic nitrogens is 2. The van der Waals surface area contributed by atoms with Gasteiger partial charge in [0, 0.05) is 13.0 Å². The number of rotatable bonds is 8. The number of H-pyrrole nitrogens is 1. The van der Waals surface area contributed by atoms with Crippen LogP contribution in [-0.4, -0.2) is 32.4 Å². The summed E-state index contributed by atoms with van der Waals surface area (Å²) in [5, 5.41) is 18.5. The summed E-state index contributed by atoms with van der Waals surface area (Å²) in [6.07, 6.45) is 13.7. The molecule has 1 aliphatic carbocycles. The van der Waals surface area contributed by atoms with E-state index in [0.717, 1.165) is 48.1 Å². The number of imidazole rings is 1. The van der Waals surface area contributed by atoms with Gasteiger partial charge in [0.05, 0.1) is 16.6 Å². The molecule has 1 atom stereocenters. The Morgan fingerprint density at radius 2 is 1.68 bits per heavy atom. The Labute approximate surface area is 208 Å². The van der Waals surface area contributed by atoms with E-state index in [4.69, 9.17) is 10.1 Å². The topological polar surface area (TPSA) is 69.1 Å². The Bertz CT molecular complexity index is 896. The van der Waals surface area contributed by atoms with Gasteiger partial charge >= 0.3 is 0 Å². The molecule has 0 saturated heterocycles. The van der Waals surface area contributed by atoms with E-state index in [0.29, 0.717) is 12.3 Å². The van der Waals surface area contributed by atoms with Crippen LogP contribution in [-0.2, 0) is 5.41 Å². The minimum Gasteiger partial charge on any atom is -0.397 e. The van der Waals surface area contributed by atoms with Crippen LogP contribution < -0.4 is 0 Å². The average Bonchev–Trinajstić information content (AvgIpc) is 3.20. The van der Waals surface area contributed by atoms with Crippen molar-refractivity contribution in [2.24, 2.45) is 5.92 Å². The lowest BCUT2D eigenvalue weighted by Gasteiger charge is -2.26. The number of hydrogen-bond donors (Lipinski definition) is 3. The predicted molar refractivity (Wildman–Crippen MR) is 148 cm³/mol. The van der Waals surface area contributed by atoms with Crippen LogP contribution in [0.4, 0.5) is 0 Å². The van der Waals surface area contributed by atoms with Crippen LogP contribution in [0.1, 0.15) is 112 Å². The Morgan fingerprint density at radius 1 is 1.09 bits per heavy atom. The van der Waals surface area contributed by atoms with Gasteiger partial charge in [-0.3, -0.25) is 0 Å². The number of unbranched alkanes of at least 4 members (excludes halogenated alkanes) is 1. The van der Waals surface area contributed by atoms with Crippen molar-refractivity contribution in [2.75, 3.05) is 6.61 Å². The molecule has 3 N–H and O–H groups in total. The molecule has 1 aromatic carbocycles. The fourth-order valence-corrected chi connectivity index (χ4v) is 3.53. The summed E-state index contributed by atoms with van der Waals surface area (Å²) in [6.45, 7) is 17.1. The molecular formula is C30H50N2O2.